The van der Waals surface area contributed by atoms with E-state index in [4.69, 9.17) is 0 Å². The van der Waals surface area contributed by atoms with E-state index in [0.717, 1.165) is 11.3 Å². The van der Waals surface area contributed by atoms with Gasteiger partial charge in [0.1, 0.15) is 11.4 Å². The number of fused-ring (bicyclic) bond motifs is 1. The van der Waals surface area contributed by atoms with Gasteiger partial charge in [-0.1, -0.05) is 65.5 Å². The van der Waals surface area contributed by atoms with Gasteiger partial charge in [-0.15, -0.1) is 5.10 Å². The van der Waals surface area contributed by atoms with Crippen molar-refractivity contribution >= 4 is 28.8 Å². The molecule has 0 unspecified atom stereocenters. The van der Waals surface area contributed by atoms with Crippen LogP contribution < -0.4 is 5.32 Å². The molecule has 2 aromatic heterocycles. The largest absolute Gasteiger partial charge is 0.351 e. The third-order valence-corrected chi connectivity index (χ3v) is 4.86. The van der Waals surface area contributed by atoms with Crippen LogP contribution in [-0.2, 0) is 11.3 Å². The van der Waals surface area contributed by atoms with Crippen molar-refractivity contribution in [2.24, 2.45) is 0 Å². The number of para-hydroxylation sites is 1. The van der Waals surface area contributed by atoms with E-state index in [2.05, 4.69) is 25.6 Å². The van der Waals surface area contributed by atoms with Gasteiger partial charge in [0.05, 0.1) is 11.4 Å². The maximum Gasteiger partial charge on any atom is 0.230 e. The first-order valence-corrected chi connectivity index (χ1v) is 9.35. The highest BCUT2D eigenvalue weighted by Crippen LogP contribution is 2.23. The van der Waals surface area contributed by atoms with Gasteiger partial charge in [-0.05, 0) is 17.7 Å². The molecule has 4 aromatic rings. The summed E-state index contributed by atoms with van der Waals surface area (Å²) in [6.45, 7) is 0.504. The molecule has 8 heteroatoms. The molecule has 2 heterocycles. The SMILES string of the molecule is O=C(CSc1ncnc2c1nnn2-c1ccccc1)NCc1ccccc1. The molecule has 1 N–H and O–H groups in total. The molecule has 0 aliphatic rings. The fourth-order valence-corrected chi connectivity index (χ4v) is 3.32. The molecular formula is C19H16N6OS. The Bertz CT molecular complexity index is 1050. The average molecular weight is 376 g/mol. The molecule has 4 rings (SSSR count). The van der Waals surface area contributed by atoms with E-state index >= 15 is 0 Å². The van der Waals surface area contributed by atoms with E-state index in [1.54, 1.807) is 4.68 Å². The van der Waals surface area contributed by atoms with Crippen LogP contribution in [0.2, 0.25) is 0 Å². The lowest BCUT2D eigenvalue weighted by Crippen LogP contribution is -2.24. The second kappa shape index (κ2) is 7.96. The lowest BCUT2D eigenvalue weighted by molar-refractivity contribution is -0.118. The van der Waals surface area contributed by atoms with Crippen molar-refractivity contribution in [3.05, 3.63) is 72.6 Å². The van der Waals surface area contributed by atoms with Crippen molar-refractivity contribution in [1.82, 2.24) is 30.3 Å². The van der Waals surface area contributed by atoms with Gasteiger partial charge in [-0.25, -0.2) is 9.97 Å². The van der Waals surface area contributed by atoms with Gasteiger partial charge < -0.3 is 5.32 Å². The van der Waals surface area contributed by atoms with E-state index in [0.29, 0.717) is 22.7 Å². The molecule has 27 heavy (non-hydrogen) atoms. The summed E-state index contributed by atoms with van der Waals surface area (Å²) >= 11 is 1.32. The Morgan fingerprint density at radius 2 is 1.74 bits per heavy atom. The maximum absolute atomic E-state index is 12.1. The molecule has 134 valence electrons. The highest BCUT2D eigenvalue weighted by molar-refractivity contribution is 8.00. The predicted molar refractivity (Wildman–Crippen MR) is 103 cm³/mol. The van der Waals surface area contributed by atoms with Crippen LogP contribution in [0.1, 0.15) is 5.56 Å². The molecule has 2 aromatic carbocycles. The van der Waals surface area contributed by atoms with Crippen molar-refractivity contribution < 1.29 is 4.79 Å². The van der Waals surface area contributed by atoms with Crippen molar-refractivity contribution in [3.63, 3.8) is 0 Å². The smallest absolute Gasteiger partial charge is 0.230 e. The van der Waals surface area contributed by atoms with Crippen LogP contribution in [0.3, 0.4) is 0 Å². The van der Waals surface area contributed by atoms with Crippen molar-refractivity contribution in [1.29, 1.82) is 0 Å². The summed E-state index contributed by atoms with van der Waals surface area (Å²) in [5, 5.41) is 11.9. The minimum absolute atomic E-state index is 0.0638. The standard InChI is InChI=1S/C19H16N6OS/c26-16(20-11-14-7-3-1-4-8-14)12-27-19-17-18(21-13-22-19)25(24-23-17)15-9-5-2-6-10-15/h1-10,13H,11-12H2,(H,20,26). The van der Waals surface area contributed by atoms with Gasteiger partial charge >= 0.3 is 0 Å². The summed E-state index contributed by atoms with van der Waals surface area (Å²) in [7, 11) is 0. The van der Waals surface area contributed by atoms with Crippen LogP contribution in [0, 0.1) is 0 Å². The maximum atomic E-state index is 12.1. The number of rotatable bonds is 6. The van der Waals surface area contributed by atoms with Gasteiger partial charge in [0, 0.05) is 6.54 Å². The summed E-state index contributed by atoms with van der Waals surface area (Å²) in [6, 6.07) is 19.4. The molecule has 0 spiro atoms. The van der Waals surface area contributed by atoms with Crippen molar-refractivity contribution in [2.75, 3.05) is 5.75 Å². The van der Waals surface area contributed by atoms with Gasteiger partial charge in [0.15, 0.2) is 11.2 Å². The zero-order valence-electron chi connectivity index (χ0n) is 14.3. The number of hydrogen-bond donors (Lipinski definition) is 1. The summed E-state index contributed by atoms with van der Waals surface area (Å²) in [5.74, 6) is 0.183. The summed E-state index contributed by atoms with van der Waals surface area (Å²) < 4.78 is 1.66. The van der Waals surface area contributed by atoms with E-state index in [-0.39, 0.29) is 11.7 Å². The van der Waals surface area contributed by atoms with E-state index < -0.39 is 0 Å². The number of amides is 1. The van der Waals surface area contributed by atoms with Crippen LogP contribution in [0.15, 0.2) is 72.0 Å². The number of benzene rings is 2. The summed E-state index contributed by atoms with van der Waals surface area (Å²) in [5.41, 5.74) is 3.13. The summed E-state index contributed by atoms with van der Waals surface area (Å²) in [6.07, 6.45) is 1.47. The number of nitrogens with zero attached hydrogens (tertiary/aromatic N) is 5. The molecule has 0 bridgehead atoms. The second-order valence-electron chi connectivity index (χ2n) is 5.74. The Kier molecular flexibility index (Phi) is 5.06. The highest BCUT2D eigenvalue weighted by atomic mass is 32.2. The lowest BCUT2D eigenvalue weighted by Gasteiger charge is -2.05. The third-order valence-electron chi connectivity index (χ3n) is 3.88. The average Bonchev–Trinajstić information content (AvgIpc) is 3.17. The van der Waals surface area contributed by atoms with Crippen LogP contribution >= 0.6 is 11.8 Å². The molecule has 0 atom stereocenters. The molecule has 7 nitrogen and oxygen atoms in total. The van der Waals surface area contributed by atoms with Crippen LogP contribution in [0.5, 0.6) is 0 Å². The van der Waals surface area contributed by atoms with E-state index in [9.17, 15) is 4.79 Å². The Hall–Kier alpha value is -3.26. The third kappa shape index (κ3) is 3.95. The molecule has 1 amide bonds. The van der Waals surface area contributed by atoms with E-state index in [1.807, 2.05) is 60.7 Å². The van der Waals surface area contributed by atoms with Crippen molar-refractivity contribution in [3.8, 4) is 5.69 Å². The Morgan fingerprint density at radius 3 is 2.52 bits per heavy atom. The number of hydrogen-bond acceptors (Lipinski definition) is 6. The second-order valence-corrected chi connectivity index (χ2v) is 6.70. The minimum Gasteiger partial charge on any atom is -0.351 e. The first kappa shape index (κ1) is 17.2. The zero-order chi connectivity index (χ0) is 18.5. The van der Waals surface area contributed by atoms with E-state index in [1.165, 1.54) is 18.1 Å². The molecule has 0 radical (unpaired) electrons. The predicted octanol–water partition coefficient (Wildman–Crippen LogP) is 2.62. The highest BCUT2D eigenvalue weighted by Gasteiger charge is 2.14. The van der Waals surface area contributed by atoms with Crippen molar-refractivity contribution in [2.45, 2.75) is 11.6 Å². The first-order chi connectivity index (χ1) is 13.3. The minimum atomic E-state index is -0.0638. The topological polar surface area (TPSA) is 85.6 Å². The fourth-order valence-electron chi connectivity index (χ4n) is 2.56. The number of carbonyl (C=O) groups is 1. The van der Waals surface area contributed by atoms with Crippen LogP contribution in [0.25, 0.3) is 16.9 Å². The number of nitrogens with one attached hydrogen (secondary N) is 1. The Balaban J connectivity index is 1.45. The molecular weight excluding hydrogens is 360 g/mol. The number of carbonyl (C=O) groups excluding carboxylic acids is 1. The van der Waals surface area contributed by atoms with Gasteiger partial charge in [0.25, 0.3) is 0 Å². The number of thioether (sulfide) groups is 1. The molecule has 0 fully saturated rings. The lowest BCUT2D eigenvalue weighted by atomic mass is 10.2. The molecule has 0 saturated carbocycles. The Labute approximate surface area is 159 Å². The zero-order valence-corrected chi connectivity index (χ0v) is 15.1. The molecule has 0 aliphatic carbocycles. The molecule has 0 aliphatic heterocycles. The van der Waals surface area contributed by atoms with Crippen LogP contribution in [-0.4, -0.2) is 36.6 Å². The number of aromatic nitrogens is 5. The van der Waals surface area contributed by atoms with Gasteiger partial charge in [-0.2, -0.15) is 4.68 Å². The monoisotopic (exact) mass is 376 g/mol. The quantitative estimate of drug-likeness (QED) is 0.411. The first-order valence-electron chi connectivity index (χ1n) is 8.36. The normalized spacial score (nSPS) is 10.8. The Morgan fingerprint density at radius 1 is 1.00 bits per heavy atom. The molecule has 0 saturated heterocycles. The van der Waals surface area contributed by atoms with Gasteiger partial charge in [-0.3, -0.25) is 4.79 Å². The van der Waals surface area contributed by atoms with Gasteiger partial charge in [0.2, 0.25) is 5.91 Å². The van der Waals surface area contributed by atoms with Crippen LogP contribution in [0.4, 0.5) is 0 Å². The fraction of sp³-hybridized carbons (Fsp3) is 0.105. The summed E-state index contributed by atoms with van der Waals surface area (Å²) in [4.78, 5) is 20.7.